The van der Waals surface area contributed by atoms with Gasteiger partial charge in [0.1, 0.15) is 0 Å². The minimum absolute atomic E-state index is 0.329. The molecule has 1 unspecified atom stereocenters. The summed E-state index contributed by atoms with van der Waals surface area (Å²) in [6.45, 7) is 0. The topological polar surface area (TPSA) is 78.2 Å². The molecule has 0 saturated carbocycles. The number of rotatable bonds is 1. The number of benzene rings is 1. The number of hydrogen-bond acceptors (Lipinski definition) is 3. The molecular formula is C8H13NO3S2. The lowest BCUT2D eigenvalue weighted by Crippen LogP contribution is -1.88. The summed E-state index contributed by atoms with van der Waals surface area (Å²) in [6.07, 6.45) is 2.61. The number of hydrogen-bond donors (Lipinski definition) is 2. The second-order valence-electron chi connectivity index (χ2n) is 2.56. The zero-order chi connectivity index (χ0) is 11.2. The smallest absolute Gasteiger partial charge is 0.261 e. The van der Waals surface area contributed by atoms with Crippen molar-refractivity contribution in [3.8, 4) is 0 Å². The quantitative estimate of drug-likeness (QED) is 0.725. The van der Waals surface area contributed by atoms with Crippen LogP contribution in [-0.4, -0.2) is 25.5 Å². The first kappa shape index (κ1) is 13.3. The van der Waals surface area contributed by atoms with E-state index >= 15 is 0 Å². The predicted molar refractivity (Wildman–Crippen MR) is 58.2 cm³/mol. The lowest BCUT2D eigenvalue weighted by atomic mass is 10.4. The van der Waals surface area contributed by atoms with Crippen LogP contribution in [0.5, 0.6) is 0 Å². The Bertz CT molecular complexity index is 378. The highest BCUT2D eigenvalue weighted by molar-refractivity contribution is 7.85. The molecule has 0 aliphatic heterocycles. The van der Waals surface area contributed by atoms with Crippen LogP contribution < -0.4 is 0 Å². The predicted octanol–water partition coefficient (Wildman–Crippen LogP) is 1.56. The molecule has 0 spiro atoms. The molecule has 1 aromatic carbocycles. The van der Waals surface area contributed by atoms with Crippen molar-refractivity contribution < 1.29 is 13.0 Å². The van der Waals surface area contributed by atoms with Crippen molar-refractivity contribution in [2.24, 2.45) is 0 Å². The van der Waals surface area contributed by atoms with Crippen molar-refractivity contribution in [3.05, 3.63) is 30.3 Å². The van der Waals surface area contributed by atoms with E-state index in [0.29, 0.717) is 6.26 Å². The Balaban J connectivity index is 0.000000292. The van der Waals surface area contributed by atoms with Gasteiger partial charge in [0.05, 0.1) is 6.26 Å². The third-order valence-corrected chi connectivity index (χ3v) is 2.08. The Hall–Kier alpha value is -0.720. The lowest BCUT2D eigenvalue weighted by Gasteiger charge is -1.94. The summed E-state index contributed by atoms with van der Waals surface area (Å²) >= 11 is 0. The molecule has 0 aromatic heterocycles. The summed E-state index contributed by atoms with van der Waals surface area (Å²) in [5, 5.41) is 0. The van der Waals surface area contributed by atoms with Gasteiger partial charge in [-0.3, -0.25) is 9.33 Å². The lowest BCUT2D eigenvalue weighted by molar-refractivity contribution is 0.490. The third-order valence-electron chi connectivity index (χ3n) is 1.10. The molecule has 0 fully saturated rings. The third kappa shape index (κ3) is 9.37. The molecule has 80 valence electrons. The van der Waals surface area contributed by atoms with E-state index in [1.54, 1.807) is 0 Å². The van der Waals surface area contributed by atoms with E-state index in [1.807, 2.05) is 36.6 Å². The first-order chi connectivity index (χ1) is 6.30. The monoisotopic (exact) mass is 235 g/mol. The summed E-state index contributed by atoms with van der Waals surface area (Å²) in [4.78, 5) is 1.11. The van der Waals surface area contributed by atoms with Gasteiger partial charge in [0.25, 0.3) is 10.1 Å². The molecule has 4 nitrogen and oxygen atoms in total. The van der Waals surface area contributed by atoms with Gasteiger partial charge < -0.3 is 0 Å². The Morgan fingerprint density at radius 1 is 1.29 bits per heavy atom. The Kier molecular flexibility index (Phi) is 5.59. The van der Waals surface area contributed by atoms with Crippen LogP contribution in [0.3, 0.4) is 0 Å². The molecule has 1 atom stereocenters. The summed E-state index contributed by atoms with van der Waals surface area (Å²) in [6, 6.07) is 9.86. The summed E-state index contributed by atoms with van der Waals surface area (Å²) in [5.74, 6) is 0. The molecule has 0 heterocycles. The largest absolute Gasteiger partial charge is 0.286 e. The van der Waals surface area contributed by atoms with Crippen LogP contribution in [0.2, 0.25) is 0 Å². The molecule has 1 rings (SSSR count). The fourth-order valence-corrected chi connectivity index (χ4v) is 1.19. The zero-order valence-corrected chi connectivity index (χ0v) is 9.60. The Labute approximate surface area is 86.6 Å². The van der Waals surface area contributed by atoms with Gasteiger partial charge in [-0.2, -0.15) is 8.42 Å². The van der Waals surface area contributed by atoms with Crippen LogP contribution in [0, 0.1) is 4.78 Å². The van der Waals surface area contributed by atoms with Crippen LogP contribution in [0.25, 0.3) is 0 Å². The molecule has 0 saturated heterocycles. The minimum Gasteiger partial charge on any atom is -0.286 e. The molecule has 2 N–H and O–H groups in total. The summed E-state index contributed by atoms with van der Waals surface area (Å²) in [7, 11) is -4.00. The molecule has 0 amide bonds. The van der Waals surface area contributed by atoms with Crippen LogP contribution >= 0.6 is 0 Å². The highest BCUT2D eigenvalue weighted by Crippen LogP contribution is 2.02. The van der Waals surface area contributed by atoms with Gasteiger partial charge in [-0.1, -0.05) is 28.9 Å². The van der Waals surface area contributed by atoms with E-state index < -0.39 is 10.1 Å². The molecular weight excluding hydrogens is 222 g/mol. The van der Waals surface area contributed by atoms with Gasteiger partial charge in [0.15, 0.2) is 0 Å². The zero-order valence-electron chi connectivity index (χ0n) is 7.97. The van der Waals surface area contributed by atoms with Crippen molar-refractivity contribution in [3.63, 3.8) is 0 Å². The molecule has 14 heavy (non-hydrogen) atoms. The molecule has 6 heteroatoms. The van der Waals surface area contributed by atoms with Crippen LogP contribution in [0.1, 0.15) is 0 Å². The maximum atomic E-state index is 9.19. The molecule has 1 aromatic rings. The first-order valence-corrected chi connectivity index (χ1v) is 7.13. The highest BCUT2D eigenvalue weighted by Gasteiger charge is 1.86. The molecule has 0 bridgehead atoms. The molecule has 0 radical (unpaired) electrons. The van der Waals surface area contributed by atoms with Crippen molar-refractivity contribution in [1.29, 1.82) is 4.78 Å². The van der Waals surface area contributed by atoms with Crippen LogP contribution in [-0.2, 0) is 20.8 Å². The van der Waals surface area contributed by atoms with Crippen LogP contribution in [0.4, 0.5) is 0 Å². The first-order valence-electron chi connectivity index (χ1n) is 3.65. The van der Waals surface area contributed by atoms with E-state index in [1.165, 1.54) is 0 Å². The summed E-state index contributed by atoms with van der Waals surface area (Å²) < 4.78 is 33.2. The SMILES string of the molecule is CS(=N)c1ccccc1.CS(=O)(=O)O. The summed E-state index contributed by atoms with van der Waals surface area (Å²) in [5.41, 5.74) is 0. The average molecular weight is 235 g/mol. The van der Waals surface area contributed by atoms with E-state index in [4.69, 9.17) is 9.33 Å². The van der Waals surface area contributed by atoms with Crippen molar-refractivity contribution in [2.75, 3.05) is 12.5 Å². The van der Waals surface area contributed by atoms with Gasteiger partial charge in [-0.15, -0.1) is 0 Å². The second kappa shape index (κ2) is 5.90. The minimum atomic E-state index is -3.67. The molecule has 0 aliphatic carbocycles. The van der Waals surface area contributed by atoms with E-state index in [0.717, 1.165) is 4.90 Å². The standard InChI is InChI=1S/C7H9NS.CH4O3S/c1-9(8)7-5-3-2-4-6-7;1-5(2,3)4/h2-6,8H,1H3;1H3,(H,2,3,4). The van der Waals surface area contributed by atoms with Gasteiger partial charge in [-0.05, 0) is 18.4 Å². The fourth-order valence-electron chi connectivity index (χ4n) is 0.625. The van der Waals surface area contributed by atoms with E-state index in [-0.39, 0.29) is 10.7 Å². The maximum absolute atomic E-state index is 9.19. The Morgan fingerprint density at radius 2 is 1.64 bits per heavy atom. The Morgan fingerprint density at radius 3 is 1.86 bits per heavy atom. The normalized spacial score (nSPS) is 12.5. The average Bonchev–Trinajstić information content (AvgIpc) is 2.03. The van der Waals surface area contributed by atoms with Crippen molar-refractivity contribution in [2.45, 2.75) is 4.90 Å². The van der Waals surface area contributed by atoms with Gasteiger partial charge in [0, 0.05) is 4.90 Å². The molecule has 0 aliphatic rings. The van der Waals surface area contributed by atoms with Gasteiger partial charge in [-0.25, -0.2) is 0 Å². The van der Waals surface area contributed by atoms with E-state index in [9.17, 15) is 8.42 Å². The van der Waals surface area contributed by atoms with Gasteiger partial charge in [0.2, 0.25) is 0 Å². The highest BCUT2D eigenvalue weighted by atomic mass is 32.2. The fraction of sp³-hybridized carbons (Fsp3) is 0.250. The maximum Gasteiger partial charge on any atom is 0.261 e. The van der Waals surface area contributed by atoms with Crippen molar-refractivity contribution >= 4 is 20.8 Å². The number of nitrogens with one attached hydrogen (secondary N) is 1. The van der Waals surface area contributed by atoms with Crippen molar-refractivity contribution in [1.82, 2.24) is 0 Å². The van der Waals surface area contributed by atoms with Gasteiger partial charge >= 0.3 is 0 Å². The van der Waals surface area contributed by atoms with Crippen LogP contribution in [0.15, 0.2) is 35.2 Å². The second-order valence-corrected chi connectivity index (χ2v) is 5.51. The van der Waals surface area contributed by atoms with E-state index in [2.05, 4.69) is 0 Å².